The fraction of sp³-hybridized carbons (Fsp3) is 0.533. The molecule has 98 valence electrons. The van der Waals surface area contributed by atoms with Gasteiger partial charge >= 0.3 is 0 Å². The van der Waals surface area contributed by atoms with Crippen LogP contribution in [0.1, 0.15) is 19.3 Å². The molecule has 0 spiro atoms. The first-order valence-electron chi connectivity index (χ1n) is 7.02. The molecule has 0 N–H and O–H groups in total. The standard InChI is InChI=1S/C15H18BNO2/c1-16-15-7-6-14(8-11(15)10-18-16)19-13-5-3-4-12(9-13)17-2/h3-5,9,11,14-15H,6-8,10H2,1H3. The Kier molecular flexibility index (Phi) is 3.48. The highest BCUT2D eigenvalue weighted by atomic mass is 16.5. The van der Waals surface area contributed by atoms with Gasteiger partial charge in [0.2, 0.25) is 0 Å². The van der Waals surface area contributed by atoms with Crippen LogP contribution in [0, 0.1) is 12.5 Å². The van der Waals surface area contributed by atoms with Gasteiger partial charge < -0.3 is 9.39 Å². The molecule has 3 nitrogen and oxygen atoms in total. The lowest BCUT2D eigenvalue weighted by Gasteiger charge is -2.31. The normalized spacial score (nSPS) is 29.7. The summed E-state index contributed by atoms with van der Waals surface area (Å²) in [6, 6.07) is 7.46. The molecule has 1 heterocycles. The van der Waals surface area contributed by atoms with E-state index in [2.05, 4.69) is 11.7 Å². The molecule has 4 heteroatoms. The second-order valence-electron chi connectivity index (χ2n) is 5.62. The largest absolute Gasteiger partial charge is 0.492 e. The van der Waals surface area contributed by atoms with E-state index in [1.165, 1.54) is 6.42 Å². The average molecular weight is 255 g/mol. The first-order valence-corrected chi connectivity index (χ1v) is 7.02. The van der Waals surface area contributed by atoms with E-state index in [4.69, 9.17) is 16.0 Å². The molecule has 1 aliphatic heterocycles. The highest BCUT2D eigenvalue weighted by molar-refractivity contribution is 6.52. The van der Waals surface area contributed by atoms with Crippen molar-refractivity contribution in [2.75, 3.05) is 6.61 Å². The molecule has 2 fully saturated rings. The third kappa shape index (κ3) is 2.62. The molecule has 0 amide bonds. The quantitative estimate of drug-likeness (QED) is 0.592. The van der Waals surface area contributed by atoms with Crippen molar-refractivity contribution < 1.29 is 9.39 Å². The van der Waals surface area contributed by atoms with Gasteiger partial charge in [-0.3, -0.25) is 0 Å². The third-order valence-corrected chi connectivity index (χ3v) is 4.42. The molecule has 3 rings (SSSR count). The molecule has 1 saturated carbocycles. The van der Waals surface area contributed by atoms with E-state index in [9.17, 15) is 0 Å². The predicted molar refractivity (Wildman–Crippen MR) is 75.8 cm³/mol. The van der Waals surface area contributed by atoms with Gasteiger partial charge in [-0.1, -0.05) is 25.4 Å². The van der Waals surface area contributed by atoms with Crippen LogP contribution >= 0.6 is 0 Å². The Balaban J connectivity index is 1.63. The molecule has 0 aromatic heterocycles. The summed E-state index contributed by atoms with van der Waals surface area (Å²) in [5.74, 6) is 2.19. The van der Waals surface area contributed by atoms with E-state index < -0.39 is 0 Å². The predicted octanol–water partition coefficient (Wildman–Crippen LogP) is 3.81. The van der Waals surface area contributed by atoms with Crippen LogP contribution in [0.2, 0.25) is 12.6 Å². The van der Waals surface area contributed by atoms with Crippen LogP contribution in [0.4, 0.5) is 5.69 Å². The Bertz CT molecular complexity index is 499. The molecular formula is C15H18BNO2. The van der Waals surface area contributed by atoms with E-state index >= 15 is 0 Å². The van der Waals surface area contributed by atoms with Crippen molar-refractivity contribution in [3.05, 3.63) is 35.7 Å². The van der Waals surface area contributed by atoms with Gasteiger partial charge in [0, 0.05) is 6.61 Å². The van der Waals surface area contributed by atoms with Crippen molar-refractivity contribution in [2.24, 2.45) is 5.92 Å². The van der Waals surface area contributed by atoms with Gasteiger partial charge in [-0.25, -0.2) is 4.85 Å². The lowest BCUT2D eigenvalue weighted by atomic mass is 9.52. The summed E-state index contributed by atoms with van der Waals surface area (Å²) < 4.78 is 11.8. The Morgan fingerprint density at radius 2 is 2.32 bits per heavy atom. The van der Waals surface area contributed by atoms with E-state index in [1.54, 1.807) is 0 Å². The van der Waals surface area contributed by atoms with Crippen molar-refractivity contribution in [1.29, 1.82) is 0 Å². The van der Waals surface area contributed by atoms with Gasteiger partial charge in [-0.2, -0.15) is 0 Å². The lowest BCUT2D eigenvalue weighted by molar-refractivity contribution is 0.119. The number of hydrogen-bond donors (Lipinski definition) is 0. The highest BCUT2D eigenvalue weighted by Gasteiger charge is 2.41. The number of benzene rings is 1. The number of fused-ring (bicyclic) bond motifs is 1. The van der Waals surface area contributed by atoms with Crippen LogP contribution in [0.5, 0.6) is 5.75 Å². The summed E-state index contributed by atoms with van der Waals surface area (Å²) in [7, 11) is 0. The highest BCUT2D eigenvalue weighted by Crippen LogP contribution is 2.42. The van der Waals surface area contributed by atoms with E-state index in [0.29, 0.717) is 18.5 Å². The molecule has 1 aliphatic carbocycles. The van der Waals surface area contributed by atoms with Gasteiger partial charge in [-0.05, 0) is 36.7 Å². The maximum Gasteiger partial charge on any atom is 0.293 e. The average Bonchev–Trinajstić information content (AvgIpc) is 2.80. The third-order valence-electron chi connectivity index (χ3n) is 4.42. The minimum absolute atomic E-state index is 0.274. The van der Waals surface area contributed by atoms with Crippen molar-refractivity contribution in [3.63, 3.8) is 0 Å². The van der Waals surface area contributed by atoms with Crippen LogP contribution in [-0.2, 0) is 4.65 Å². The SMILES string of the molecule is [C-]#[N+]c1cccc(OC2CCC3B(C)OCC3C2)c1. The van der Waals surface area contributed by atoms with Crippen molar-refractivity contribution in [1.82, 2.24) is 0 Å². The second kappa shape index (κ2) is 5.26. The van der Waals surface area contributed by atoms with E-state index in [0.717, 1.165) is 31.0 Å². The minimum Gasteiger partial charge on any atom is -0.492 e. The minimum atomic E-state index is 0.274. The van der Waals surface area contributed by atoms with Crippen LogP contribution in [-0.4, -0.2) is 19.6 Å². The molecule has 3 atom stereocenters. The molecule has 0 bridgehead atoms. The summed E-state index contributed by atoms with van der Waals surface area (Å²) >= 11 is 0. The van der Waals surface area contributed by atoms with Crippen LogP contribution in [0.15, 0.2) is 24.3 Å². The maximum absolute atomic E-state index is 7.03. The first-order chi connectivity index (χ1) is 9.26. The molecule has 19 heavy (non-hydrogen) atoms. The number of rotatable bonds is 2. The summed E-state index contributed by atoms with van der Waals surface area (Å²) in [5, 5.41) is 0. The molecule has 1 saturated heterocycles. The van der Waals surface area contributed by atoms with Crippen molar-refractivity contribution >= 4 is 12.6 Å². The Morgan fingerprint density at radius 3 is 3.16 bits per heavy atom. The van der Waals surface area contributed by atoms with Crippen molar-refractivity contribution in [3.8, 4) is 5.75 Å². The Hall–Kier alpha value is -1.47. The molecule has 1 aromatic rings. The molecule has 0 radical (unpaired) electrons. The Labute approximate surface area is 114 Å². The summed E-state index contributed by atoms with van der Waals surface area (Å²) in [6.07, 6.45) is 3.64. The monoisotopic (exact) mass is 255 g/mol. The summed E-state index contributed by atoms with van der Waals surface area (Å²) in [4.78, 5) is 3.44. The summed E-state index contributed by atoms with van der Waals surface area (Å²) in [5.41, 5.74) is 0.643. The molecule has 1 aromatic carbocycles. The topological polar surface area (TPSA) is 22.8 Å². The van der Waals surface area contributed by atoms with E-state index in [1.807, 2.05) is 24.3 Å². The second-order valence-corrected chi connectivity index (χ2v) is 5.62. The van der Waals surface area contributed by atoms with Gasteiger partial charge in [0.15, 0.2) is 5.69 Å². The molecular weight excluding hydrogens is 237 g/mol. The number of nitrogens with zero attached hydrogens (tertiary/aromatic N) is 1. The zero-order valence-electron chi connectivity index (χ0n) is 11.2. The first kappa shape index (κ1) is 12.6. The van der Waals surface area contributed by atoms with Gasteiger partial charge in [0.25, 0.3) is 6.92 Å². The van der Waals surface area contributed by atoms with E-state index in [-0.39, 0.29) is 6.10 Å². The zero-order chi connectivity index (χ0) is 13.2. The fourth-order valence-electron chi connectivity index (χ4n) is 3.38. The van der Waals surface area contributed by atoms with Crippen LogP contribution in [0.3, 0.4) is 0 Å². The van der Waals surface area contributed by atoms with Crippen LogP contribution < -0.4 is 4.74 Å². The number of hydrogen-bond acceptors (Lipinski definition) is 2. The fourth-order valence-corrected chi connectivity index (χ4v) is 3.38. The van der Waals surface area contributed by atoms with Gasteiger partial charge in [-0.15, -0.1) is 0 Å². The van der Waals surface area contributed by atoms with Gasteiger partial charge in [0.1, 0.15) is 5.75 Å². The van der Waals surface area contributed by atoms with Crippen LogP contribution in [0.25, 0.3) is 4.85 Å². The molecule has 3 unspecified atom stereocenters. The maximum atomic E-state index is 7.03. The van der Waals surface area contributed by atoms with Crippen molar-refractivity contribution in [2.45, 2.75) is 38.0 Å². The smallest absolute Gasteiger partial charge is 0.293 e. The lowest BCUT2D eigenvalue weighted by Crippen LogP contribution is -2.30. The summed E-state index contributed by atoms with van der Waals surface area (Å²) in [6.45, 7) is 10.5. The van der Waals surface area contributed by atoms with Gasteiger partial charge in [0.05, 0.1) is 12.7 Å². The number of ether oxygens (including phenoxy) is 1. The molecule has 2 aliphatic rings. The Morgan fingerprint density at radius 1 is 1.42 bits per heavy atom. The zero-order valence-corrected chi connectivity index (χ0v) is 11.2.